The highest BCUT2D eigenvalue weighted by Crippen LogP contribution is 2.38. The van der Waals surface area contributed by atoms with Crippen molar-refractivity contribution in [2.24, 2.45) is 23.0 Å². The van der Waals surface area contributed by atoms with Crippen molar-refractivity contribution in [3.05, 3.63) is 0 Å². The molecule has 3 heteroatoms. The molecule has 2 fully saturated rings. The highest BCUT2D eigenvalue weighted by Gasteiger charge is 2.44. The highest BCUT2D eigenvalue weighted by atomic mass is 16.2. The van der Waals surface area contributed by atoms with E-state index in [1.807, 2.05) is 13.8 Å². The van der Waals surface area contributed by atoms with Crippen LogP contribution in [0.5, 0.6) is 0 Å². The lowest BCUT2D eigenvalue weighted by Gasteiger charge is -2.29. The second kappa shape index (κ2) is 4.02. The van der Waals surface area contributed by atoms with E-state index >= 15 is 0 Å². The molecular weight excluding hydrogens is 200 g/mol. The van der Waals surface area contributed by atoms with Gasteiger partial charge in [-0.2, -0.15) is 0 Å². The van der Waals surface area contributed by atoms with Gasteiger partial charge < -0.3 is 10.6 Å². The molecule has 2 rings (SSSR count). The van der Waals surface area contributed by atoms with Crippen molar-refractivity contribution < 1.29 is 4.79 Å². The van der Waals surface area contributed by atoms with E-state index in [9.17, 15) is 4.79 Å². The third kappa shape index (κ3) is 1.86. The first kappa shape index (κ1) is 11.9. The minimum atomic E-state index is -0.206. The summed E-state index contributed by atoms with van der Waals surface area (Å²) in [6.45, 7) is 8.02. The van der Waals surface area contributed by atoms with E-state index in [1.54, 1.807) is 0 Å². The second-order valence-corrected chi connectivity index (χ2v) is 6.11. The molecule has 1 saturated heterocycles. The summed E-state index contributed by atoms with van der Waals surface area (Å²) in [5.41, 5.74) is 5.88. The molecule has 92 valence electrons. The van der Waals surface area contributed by atoms with Gasteiger partial charge in [0.2, 0.25) is 5.91 Å². The number of nitrogens with two attached hydrogens (primary N) is 1. The van der Waals surface area contributed by atoms with Crippen LogP contribution >= 0.6 is 0 Å². The molecule has 16 heavy (non-hydrogen) atoms. The quantitative estimate of drug-likeness (QED) is 0.774. The number of carbonyl (C=O) groups is 1. The predicted molar refractivity (Wildman–Crippen MR) is 64.8 cm³/mol. The second-order valence-electron chi connectivity index (χ2n) is 6.11. The van der Waals surface area contributed by atoms with Gasteiger partial charge in [0, 0.05) is 24.5 Å². The van der Waals surface area contributed by atoms with Gasteiger partial charge in [-0.25, -0.2) is 0 Å². The lowest BCUT2D eigenvalue weighted by Crippen LogP contribution is -2.40. The van der Waals surface area contributed by atoms with Crippen LogP contribution in [0.2, 0.25) is 0 Å². The Bertz CT molecular complexity index is 288. The van der Waals surface area contributed by atoms with Crippen LogP contribution in [0.15, 0.2) is 0 Å². The van der Waals surface area contributed by atoms with Crippen molar-refractivity contribution in [3.8, 4) is 0 Å². The number of hydrogen-bond donors (Lipinski definition) is 1. The fraction of sp³-hybridized carbons (Fsp3) is 0.923. The fourth-order valence-electron chi connectivity index (χ4n) is 3.05. The van der Waals surface area contributed by atoms with Crippen LogP contribution in [0.4, 0.5) is 0 Å². The smallest absolute Gasteiger partial charge is 0.228 e. The van der Waals surface area contributed by atoms with Gasteiger partial charge in [0.15, 0.2) is 0 Å². The fourth-order valence-corrected chi connectivity index (χ4v) is 3.05. The zero-order valence-corrected chi connectivity index (χ0v) is 10.7. The van der Waals surface area contributed by atoms with Crippen molar-refractivity contribution in [1.82, 2.24) is 4.90 Å². The number of carbonyl (C=O) groups excluding carboxylic acids is 1. The molecule has 1 aliphatic carbocycles. The van der Waals surface area contributed by atoms with E-state index in [0.717, 1.165) is 25.9 Å². The molecule has 1 heterocycles. The van der Waals surface area contributed by atoms with Crippen molar-refractivity contribution in [1.29, 1.82) is 0 Å². The zero-order valence-electron chi connectivity index (χ0n) is 10.7. The standard InChI is InChI=1S/C13H24N2O/c1-4-13(2,3)12(16)15-7-9-5-6-11(14)10(9)8-15/h9-11H,4-8,14H2,1-3H3. The maximum atomic E-state index is 12.3. The molecule has 2 N–H and O–H groups in total. The van der Waals surface area contributed by atoms with Crippen LogP contribution in [0.25, 0.3) is 0 Å². The first-order chi connectivity index (χ1) is 7.45. The summed E-state index contributed by atoms with van der Waals surface area (Å²) in [5.74, 6) is 1.56. The molecule has 3 unspecified atom stereocenters. The lowest BCUT2D eigenvalue weighted by molar-refractivity contribution is -0.139. The van der Waals surface area contributed by atoms with Crippen LogP contribution in [-0.4, -0.2) is 29.9 Å². The molecule has 1 amide bonds. The van der Waals surface area contributed by atoms with Gasteiger partial charge in [0.05, 0.1) is 0 Å². The van der Waals surface area contributed by atoms with Crippen LogP contribution in [0.1, 0.15) is 40.0 Å². The maximum Gasteiger partial charge on any atom is 0.228 e. The molecule has 3 atom stereocenters. The molecule has 0 bridgehead atoms. The molecule has 1 aliphatic heterocycles. The number of rotatable bonds is 2. The zero-order chi connectivity index (χ0) is 11.9. The summed E-state index contributed by atoms with van der Waals surface area (Å²) in [5, 5.41) is 0. The summed E-state index contributed by atoms with van der Waals surface area (Å²) in [6.07, 6.45) is 3.26. The van der Waals surface area contributed by atoms with E-state index in [2.05, 4.69) is 11.8 Å². The van der Waals surface area contributed by atoms with Crippen molar-refractivity contribution in [2.75, 3.05) is 13.1 Å². The summed E-state index contributed by atoms with van der Waals surface area (Å²) < 4.78 is 0. The molecule has 0 aromatic heterocycles. The van der Waals surface area contributed by atoms with E-state index < -0.39 is 0 Å². The average molecular weight is 224 g/mol. The van der Waals surface area contributed by atoms with Gasteiger partial charge >= 0.3 is 0 Å². The number of hydrogen-bond acceptors (Lipinski definition) is 2. The van der Waals surface area contributed by atoms with E-state index in [0.29, 0.717) is 23.8 Å². The largest absolute Gasteiger partial charge is 0.342 e. The molecule has 0 spiro atoms. The number of nitrogens with zero attached hydrogens (tertiary/aromatic N) is 1. The molecule has 0 radical (unpaired) electrons. The van der Waals surface area contributed by atoms with Crippen molar-refractivity contribution in [3.63, 3.8) is 0 Å². The van der Waals surface area contributed by atoms with Gasteiger partial charge in [0.1, 0.15) is 0 Å². The van der Waals surface area contributed by atoms with Gasteiger partial charge in [0.25, 0.3) is 0 Å². The Morgan fingerprint density at radius 1 is 1.38 bits per heavy atom. The number of amides is 1. The Hall–Kier alpha value is -0.570. The first-order valence-corrected chi connectivity index (χ1v) is 6.50. The average Bonchev–Trinajstić information content (AvgIpc) is 2.80. The molecule has 3 nitrogen and oxygen atoms in total. The van der Waals surface area contributed by atoms with Gasteiger partial charge in [-0.1, -0.05) is 20.8 Å². The van der Waals surface area contributed by atoms with E-state index in [1.165, 1.54) is 6.42 Å². The Balaban J connectivity index is 2.02. The molecular formula is C13H24N2O. The minimum Gasteiger partial charge on any atom is -0.342 e. The summed E-state index contributed by atoms with van der Waals surface area (Å²) in [7, 11) is 0. The van der Waals surface area contributed by atoms with Crippen LogP contribution in [0, 0.1) is 17.3 Å². The molecule has 2 aliphatic rings. The minimum absolute atomic E-state index is 0.206. The topological polar surface area (TPSA) is 46.3 Å². The Morgan fingerprint density at radius 2 is 2.06 bits per heavy atom. The summed E-state index contributed by atoms with van der Waals surface area (Å²) in [6, 6.07) is 0.326. The van der Waals surface area contributed by atoms with Gasteiger partial charge in [-0.3, -0.25) is 4.79 Å². The Morgan fingerprint density at radius 3 is 2.62 bits per heavy atom. The van der Waals surface area contributed by atoms with Crippen LogP contribution in [0.3, 0.4) is 0 Å². The van der Waals surface area contributed by atoms with Gasteiger partial charge in [-0.15, -0.1) is 0 Å². The lowest BCUT2D eigenvalue weighted by atomic mass is 9.88. The SMILES string of the molecule is CCC(C)(C)C(=O)N1CC2CCC(N)C2C1. The first-order valence-electron chi connectivity index (χ1n) is 6.50. The van der Waals surface area contributed by atoms with Crippen molar-refractivity contribution >= 4 is 5.91 Å². The summed E-state index contributed by atoms with van der Waals surface area (Å²) >= 11 is 0. The number of likely N-dealkylation sites (tertiary alicyclic amines) is 1. The Labute approximate surface area is 98.4 Å². The van der Waals surface area contributed by atoms with Crippen LogP contribution in [-0.2, 0) is 4.79 Å². The monoisotopic (exact) mass is 224 g/mol. The maximum absolute atomic E-state index is 12.3. The highest BCUT2D eigenvalue weighted by molar-refractivity contribution is 5.82. The van der Waals surface area contributed by atoms with Crippen molar-refractivity contribution in [2.45, 2.75) is 46.1 Å². The van der Waals surface area contributed by atoms with E-state index in [4.69, 9.17) is 5.73 Å². The van der Waals surface area contributed by atoms with E-state index in [-0.39, 0.29) is 5.41 Å². The molecule has 0 aromatic rings. The normalized spacial score (nSPS) is 34.2. The van der Waals surface area contributed by atoms with Gasteiger partial charge in [-0.05, 0) is 31.1 Å². The number of fused-ring (bicyclic) bond motifs is 1. The van der Waals surface area contributed by atoms with Crippen LogP contribution < -0.4 is 5.73 Å². The molecule has 1 saturated carbocycles. The Kier molecular flexibility index (Phi) is 2.99. The molecule has 0 aromatic carbocycles. The predicted octanol–water partition coefficient (Wildman–Crippen LogP) is 1.62. The third-order valence-corrected chi connectivity index (χ3v) is 4.66. The third-order valence-electron chi connectivity index (χ3n) is 4.66. The summed E-state index contributed by atoms with van der Waals surface area (Å²) in [4.78, 5) is 14.4.